The summed E-state index contributed by atoms with van der Waals surface area (Å²) in [5.41, 5.74) is 8.70. The minimum atomic E-state index is 0.0136. The first-order valence-electron chi connectivity index (χ1n) is 7.66. The number of hydrogen-bond acceptors (Lipinski definition) is 4. The topological polar surface area (TPSA) is 60.9 Å². The van der Waals surface area contributed by atoms with Gasteiger partial charge in [-0.15, -0.1) is 11.3 Å². The molecule has 0 fully saturated rings. The van der Waals surface area contributed by atoms with Crippen LogP contribution in [0.4, 0.5) is 0 Å². The third kappa shape index (κ3) is 3.43. The van der Waals surface area contributed by atoms with Gasteiger partial charge in [-0.05, 0) is 24.2 Å². The zero-order valence-electron chi connectivity index (χ0n) is 13.3. The van der Waals surface area contributed by atoms with E-state index < -0.39 is 0 Å². The number of halogens is 1. The molecule has 24 heavy (non-hydrogen) atoms. The summed E-state index contributed by atoms with van der Waals surface area (Å²) in [4.78, 5) is 13.3. The molecule has 0 saturated carbocycles. The van der Waals surface area contributed by atoms with Gasteiger partial charge in [-0.2, -0.15) is 5.10 Å². The standard InChI is InChI=1S/C18H18ClN3OS/c1-22-15(7-8-21-22)14-10-17(24-18(14)19)16(23)9-13(11-20)12-5-3-2-4-6-12/h2-8,10,13H,9,11,20H2,1H3/t13-/m1/s1. The molecular weight excluding hydrogens is 342 g/mol. The van der Waals surface area contributed by atoms with Crippen LogP contribution in [0, 0.1) is 0 Å². The van der Waals surface area contributed by atoms with Crippen LogP contribution in [0.2, 0.25) is 4.34 Å². The number of aryl methyl sites for hydroxylation is 1. The van der Waals surface area contributed by atoms with Gasteiger partial charge in [0.2, 0.25) is 0 Å². The summed E-state index contributed by atoms with van der Waals surface area (Å²) >= 11 is 7.65. The number of hydrogen-bond donors (Lipinski definition) is 1. The van der Waals surface area contributed by atoms with E-state index in [-0.39, 0.29) is 11.7 Å². The maximum atomic E-state index is 12.7. The minimum absolute atomic E-state index is 0.0136. The molecular formula is C18H18ClN3OS. The zero-order valence-corrected chi connectivity index (χ0v) is 14.8. The van der Waals surface area contributed by atoms with E-state index in [2.05, 4.69) is 5.10 Å². The van der Waals surface area contributed by atoms with Gasteiger partial charge in [0, 0.05) is 31.1 Å². The van der Waals surface area contributed by atoms with Gasteiger partial charge in [0.1, 0.15) is 4.34 Å². The fourth-order valence-corrected chi connectivity index (χ4v) is 3.95. The van der Waals surface area contributed by atoms with Crippen molar-refractivity contribution in [3.63, 3.8) is 0 Å². The second-order valence-corrected chi connectivity index (χ2v) is 7.26. The molecule has 1 atom stereocenters. The van der Waals surface area contributed by atoms with E-state index in [1.165, 1.54) is 11.3 Å². The van der Waals surface area contributed by atoms with Crippen LogP contribution in [0.15, 0.2) is 48.7 Å². The first-order valence-corrected chi connectivity index (χ1v) is 8.85. The minimum Gasteiger partial charge on any atom is -0.330 e. The van der Waals surface area contributed by atoms with Crippen LogP contribution in [0.5, 0.6) is 0 Å². The summed E-state index contributed by atoms with van der Waals surface area (Å²) in [5, 5.41) is 4.15. The van der Waals surface area contributed by atoms with Crippen molar-refractivity contribution in [1.29, 1.82) is 0 Å². The van der Waals surface area contributed by atoms with Gasteiger partial charge in [-0.1, -0.05) is 41.9 Å². The largest absolute Gasteiger partial charge is 0.330 e. The third-order valence-electron chi connectivity index (χ3n) is 4.05. The molecule has 0 aliphatic heterocycles. The van der Waals surface area contributed by atoms with E-state index in [0.717, 1.165) is 16.8 Å². The van der Waals surface area contributed by atoms with Crippen molar-refractivity contribution in [2.75, 3.05) is 6.54 Å². The van der Waals surface area contributed by atoms with Crippen molar-refractivity contribution in [3.8, 4) is 11.3 Å². The zero-order chi connectivity index (χ0) is 17.1. The number of carbonyl (C=O) groups is 1. The highest BCUT2D eigenvalue weighted by atomic mass is 35.5. The Kier molecular flexibility index (Phi) is 5.14. The molecule has 0 bridgehead atoms. The van der Waals surface area contributed by atoms with Crippen LogP contribution in [0.1, 0.15) is 27.6 Å². The quantitative estimate of drug-likeness (QED) is 0.673. The highest BCUT2D eigenvalue weighted by Crippen LogP contribution is 2.36. The number of ketones is 1. The fourth-order valence-electron chi connectivity index (χ4n) is 2.71. The Hall–Kier alpha value is -1.95. The number of Topliss-reactive ketones (excluding diaryl/α,β-unsaturated/α-hetero) is 1. The van der Waals surface area contributed by atoms with E-state index in [4.69, 9.17) is 17.3 Å². The maximum Gasteiger partial charge on any atom is 0.173 e. The van der Waals surface area contributed by atoms with Gasteiger partial charge in [0.15, 0.2) is 5.78 Å². The number of aromatic nitrogens is 2. The van der Waals surface area contributed by atoms with E-state index in [1.807, 2.05) is 49.5 Å². The van der Waals surface area contributed by atoms with Crippen molar-refractivity contribution in [1.82, 2.24) is 9.78 Å². The highest BCUT2D eigenvalue weighted by Gasteiger charge is 2.20. The molecule has 0 spiro atoms. The molecule has 0 aliphatic carbocycles. The molecule has 4 nitrogen and oxygen atoms in total. The van der Waals surface area contributed by atoms with Gasteiger partial charge in [0.25, 0.3) is 0 Å². The van der Waals surface area contributed by atoms with Crippen LogP contribution in [0.25, 0.3) is 11.3 Å². The normalized spacial score (nSPS) is 12.3. The van der Waals surface area contributed by atoms with Gasteiger partial charge in [-0.3, -0.25) is 9.48 Å². The molecule has 0 amide bonds. The first-order chi connectivity index (χ1) is 11.6. The highest BCUT2D eigenvalue weighted by molar-refractivity contribution is 7.18. The molecule has 2 N–H and O–H groups in total. The van der Waals surface area contributed by atoms with Crippen molar-refractivity contribution in [3.05, 3.63) is 63.4 Å². The average Bonchev–Trinajstić information content (AvgIpc) is 3.18. The lowest BCUT2D eigenvalue weighted by molar-refractivity contribution is 0.0978. The molecule has 3 rings (SSSR count). The van der Waals surface area contributed by atoms with Crippen LogP contribution < -0.4 is 5.73 Å². The average molecular weight is 360 g/mol. The summed E-state index contributed by atoms with van der Waals surface area (Å²) in [6, 6.07) is 13.6. The van der Waals surface area contributed by atoms with Crippen molar-refractivity contribution in [2.45, 2.75) is 12.3 Å². The Labute approximate surface area is 149 Å². The second kappa shape index (κ2) is 7.30. The van der Waals surface area contributed by atoms with Crippen molar-refractivity contribution >= 4 is 28.7 Å². The first kappa shape index (κ1) is 16.9. The van der Waals surface area contributed by atoms with Gasteiger partial charge < -0.3 is 5.73 Å². The summed E-state index contributed by atoms with van der Waals surface area (Å²) in [6.07, 6.45) is 2.09. The second-order valence-electron chi connectivity index (χ2n) is 5.61. The number of benzene rings is 1. The Morgan fingerprint density at radius 3 is 2.71 bits per heavy atom. The van der Waals surface area contributed by atoms with Crippen LogP contribution in [-0.4, -0.2) is 22.1 Å². The molecule has 124 valence electrons. The number of nitrogens with two attached hydrogens (primary N) is 1. The van der Waals surface area contributed by atoms with Crippen LogP contribution in [0.3, 0.4) is 0 Å². The molecule has 1 aromatic carbocycles. The maximum absolute atomic E-state index is 12.7. The van der Waals surface area contributed by atoms with Gasteiger partial charge in [0.05, 0.1) is 10.6 Å². The molecule has 0 unspecified atom stereocenters. The molecule has 0 aliphatic rings. The van der Waals surface area contributed by atoms with Crippen molar-refractivity contribution in [2.24, 2.45) is 12.8 Å². The Morgan fingerprint density at radius 2 is 2.08 bits per heavy atom. The predicted octanol–water partition coefficient (Wildman–Crippen LogP) is 4.12. The fraction of sp³-hybridized carbons (Fsp3) is 0.222. The van der Waals surface area contributed by atoms with Gasteiger partial charge >= 0.3 is 0 Å². The summed E-state index contributed by atoms with van der Waals surface area (Å²) in [5.74, 6) is 0.0781. The molecule has 3 aromatic rings. The number of carbonyl (C=O) groups excluding carboxylic acids is 1. The van der Waals surface area contributed by atoms with E-state index in [9.17, 15) is 4.79 Å². The van der Waals surface area contributed by atoms with E-state index in [0.29, 0.717) is 22.2 Å². The van der Waals surface area contributed by atoms with Gasteiger partial charge in [-0.25, -0.2) is 0 Å². The lowest BCUT2D eigenvalue weighted by atomic mass is 9.93. The summed E-state index contributed by atoms with van der Waals surface area (Å²) in [6.45, 7) is 0.434. The molecule has 0 radical (unpaired) electrons. The van der Waals surface area contributed by atoms with Crippen LogP contribution in [-0.2, 0) is 7.05 Å². The Balaban J connectivity index is 1.82. The van der Waals surface area contributed by atoms with E-state index in [1.54, 1.807) is 10.9 Å². The number of nitrogens with zero attached hydrogens (tertiary/aromatic N) is 2. The SMILES string of the molecule is Cn1nccc1-c1cc(C(=O)C[C@H](CN)c2ccccc2)sc1Cl. The Bertz CT molecular complexity index is 841. The van der Waals surface area contributed by atoms with Crippen molar-refractivity contribution < 1.29 is 4.79 Å². The molecule has 2 heterocycles. The number of rotatable bonds is 6. The number of thiophene rings is 1. The molecule has 0 saturated heterocycles. The van der Waals surface area contributed by atoms with Crippen LogP contribution >= 0.6 is 22.9 Å². The predicted molar refractivity (Wildman–Crippen MR) is 98.7 cm³/mol. The lowest BCUT2D eigenvalue weighted by Gasteiger charge is -2.13. The Morgan fingerprint density at radius 1 is 1.33 bits per heavy atom. The third-order valence-corrected chi connectivity index (χ3v) is 5.45. The van der Waals surface area contributed by atoms with E-state index >= 15 is 0 Å². The molecule has 6 heteroatoms. The molecule has 2 aromatic heterocycles. The lowest BCUT2D eigenvalue weighted by Crippen LogP contribution is -2.16. The summed E-state index contributed by atoms with van der Waals surface area (Å²) < 4.78 is 2.35. The smallest absolute Gasteiger partial charge is 0.173 e. The monoisotopic (exact) mass is 359 g/mol. The summed E-state index contributed by atoms with van der Waals surface area (Å²) in [7, 11) is 1.85.